The second-order valence-corrected chi connectivity index (χ2v) is 4.39. The molecular weight excluding hydrogens is 284 g/mol. The summed E-state index contributed by atoms with van der Waals surface area (Å²) in [5, 5.41) is 4.60. The van der Waals surface area contributed by atoms with E-state index in [1.807, 2.05) is 6.92 Å². The molecule has 0 aromatic heterocycles. The molecule has 19 heavy (non-hydrogen) atoms. The zero-order valence-electron chi connectivity index (χ0n) is 13.3. The Morgan fingerprint density at radius 3 is 2.21 bits per heavy atom. The van der Waals surface area contributed by atoms with Crippen LogP contribution in [0.5, 0.6) is 0 Å². The Balaban J connectivity index is 0. The van der Waals surface area contributed by atoms with E-state index in [-0.39, 0.29) is 19.5 Å². The van der Waals surface area contributed by atoms with Crippen LogP contribution in [0.3, 0.4) is 0 Å². The molecule has 0 saturated carbocycles. The Labute approximate surface area is 132 Å². The quantitative estimate of drug-likeness (QED) is 0.461. The number of unbranched alkanes of at least 4 members (excludes halogenated alkanes) is 1. The molecule has 2 heteroatoms. The zero-order chi connectivity index (χ0) is 14.0. The predicted molar refractivity (Wildman–Crippen MR) is 83.2 cm³/mol. The van der Waals surface area contributed by atoms with Gasteiger partial charge < -0.3 is 12.2 Å². The number of nitrogens with zero attached hydrogens (tertiary/aromatic N) is 1. The summed E-state index contributed by atoms with van der Waals surface area (Å²) < 4.78 is 0. The van der Waals surface area contributed by atoms with Gasteiger partial charge in [0.2, 0.25) is 0 Å². The molecule has 0 aliphatic rings. The molecule has 0 bridgehead atoms. The average molecular weight is 311 g/mol. The van der Waals surface area contributed by atoms with Gasteiger partial charge in [-0.25, -0.2) is 0 Å². The molecule has 0 N–H and O–H groups in total. The van der Waals surface area contributed by atoms with Gasteiger partial charge in [-0.15, -0.1) is 11.8 Å². The first kappa shape index (κ1) is 20.7. The van der Waals surface area contributed by atoms with Crippen molar-refractivity contribution in [2.75, 3.05) is 0 Å². The molecule has 0 saturated heterocycles. The summed E-state index contributed by atoms with van der Waals surface area (Å²) in [7, 11) is 0. The van der Waals surface area contributed by atoms with E-state index < -0.39 is 0 Å². The molecule has 0 unspecified atom stereocenters. The van der Waals surface area contributed by atoms with Crippen molar-refractivity contribution in [3.05, 3.63) is 53.3 Å². The third-order valence-corrected chi connectivity index (χ3v) is 2.67. The third kappa shape index (κ3) is 9.00. The molecule has 0 amide bonds. The van der Waals surface area contributed by atoms with E-state index in [0.717, 1.165) is 24.2 Å². The standard InChI is InChI=1S/C13H18N.C4H9.Zn/c1-5-12(6-2)14-13-8-7-10(3)9-11(13)4;1-3-4-2;/h5,7-9H,6H2,1-4H3;1,3-4H2,2H3;/q2*-1;+2/b12-5-;;. The first-order valence-corrected chi connectivity index (χ1v) is 6.82. The minimum atomic E-state index is 0. The van der Waals surface area contributed by atoms with Crippen molar-refractivity contribution in [2.45, 2.75) is 53.9 Å². The van der Waals surface area contributed by atoms with Gasteiger partial charge in [0, 0.05) is 0 Å². The number of rotatable bonds is 4. The maximum absolute atomic E-state index is 4.60. The van der Waals surface area contributed by atoms with Crippen LogP contribution in [0.1, 0.15) is 51.2 Å². The fourth-order valence-corrected chi connectivity index (χ4v) is 1.43. The summed E-state index contributed by atoms with van der Waals surface area (Å²) in [5.74, 6) is 0. The van der Waals surface area contributed by atoms with Gasteiger partial charge in [-0.3, -0.25) is 0 Å². The van der Waals surface area contributed by atoms with Gasteiger partial charge in [-0.2, -0.15) is 12.1 Å². The predicted octanol–water partition coefficient (Wildman–Crippen LogP) is 6.24. The van der Waals surface area contributed by atoms with Gasteiger partial charge in [-0.1, -0.05) is 56.0 Å². The Morgan fingerprint density at radius 2 is 1.84 bits per heavy atom. The molecule has 102 valence electrons. The summed E-state index contributed by atoms with van der Waals surface area (Å²) in [6.45, 7) is 14.1. The molecule has 0 atom stereocenters. The second kappa shape index (κ2) is 12.4. The van der Waals surface area contributed by atoms with Crippen molar-refractivity contribution in [1.29, 1.82) is 0 Å². The number of hydrogen-bond donors (Lipinski definition) is 0. The average Bonchev–Trinajstić information content (AvgIpc) is 2.38. The van der Waals surface area contributed by atoms with Crippen LogP contribution in [0, 0.1) is 20.8 Å². The minimum absolute atomic E-state index is 0. The number of aryl methyl sites for hydroxylation is 2. The summed E-state index contributed by atoms with van der Waals surface area (Å²) in [5.41, 5.74) is 4.78. The van der Waals surface area contributed by atoms with Crippen LogP contribution in [-0.2, 0) is 19.5 Å². The van der Waals surface area contributed by atoms with E-state index in [0.29, 0.717) is 0 Å². The SMILES string of the molecule is C/C=C(/CC)[N-]c1ccc(C)cc1C.[CH2-]CCC.[Zn+2]. The Hall–Kier alpha value is -0.617. The van der Waals surface area contributed by atoms with Crippen molar-refractivity contribution in [1.82, 2.24) is 0 Å². The van der Waals surface area contributed by atoms with Crippen molar-refractivity contribution in [2.24, 2.45) is 0 Å². The first-order valence-electron chi connectivity index (χ1n) is 6.82. The fourth-order valence-electron chi connectivity index (χ4n) is 1.43. The van der Waals surface area contributed by atoms with Crippen LogP contribution < -0.4 is 0 Å². The fraction of sp³-hybridized carbons (Fsp3) is 0.471. The molecule has 1 aromatic rings. The van der Waals surface area contributed by atoms with Gasteiger partial charge in [-0.05, 0) is 20.8 Å². The van der Waals surface area contributed by atoms with E-state index in [1.165, 1.54) is 17.5 Å². The maximum Gasteiger partial charge on any atom is 2.00 e. The van der Waals surface area contributed by atoms with Crippen LogP contribution in [0.4, 0.5) is 5.69 Å². The molecule has 1 nitrogen and oxygen atoms in total. The number of benzene rings is 1. The monoisotopic (exact) mass is 309 g/mol. The maximum atomic E-state index is 4.60. The zero-order valence-corrected chi connectivity index (χ0v) is 16.3. The smallest absolute Gasteiger partial charge is 0.661 e. The first-order chi connectivity index (χ1) is 8.58. The summed E-state index contributed by atoms with van der Waals surface area (Å²) in [6.07, 6.45) is 5.34. The van der Waals surface area contributed by atoms with E-state index in [1.54, 1.807) is 0 Å². The van der Waals surface area contributed by atoms with E-state index in [2.05, 4.69) is 64.2 Å². The van der Waals surface area contributed by atoms with Crippen LogP contribution in [0.15, 0.2) is 30.0 Å². The topological polar surface area (TPSA) is 14.1 Å². The Morgan fingerprint density at radius 1 is 1.26 bits per heavy atom. The molecule has 1 rings (SSSR count). The molecule has 0 heterocycles. The van der Waals surface area contributed by atoms with Gasteiger partial charge in [0.15, 0.2) is 0 Å². The van der Waals surface area contributed by atoms with E-state index >= 15 is 0 Å². The largest absolute Gasteiger partial charge is 2.00 e. The van der Waals surface area contributed by atoms with Crippen molar-refractivity contribution >= 4 is 5.69 Å². The van der Waals surface area contributed by atoms with Gasteiger partial charge in [0.1, 0.15) is 0 Å². The summed E-state index contributed by atoms with van der Waals surface area (Å²) in [4.78, 5) is 0. The molecule has 1 aromatic carbocycles. The second-order valence-electron chi connectivity index (χ2n) is 4.39. The van der Waals surface area contributed by atoms with Crippen LogP contribution >= 0.6 is 0 Å². The van der Waals surface area contributed by atoms with E-state index in [4.69, 9.17) is 0 Å². The number of hydrogen-bond acceptors (Lipinski definition) is 0. The normalized spacial score (nSPS) is 10.1. The minimum Gasteiger partial charge on any atom is -0.661 e. The molecule has 0 aliphatic heterocycles. The van der Waals surface area contributed by atoms with Crippen molar-refractivity contribution in [3.63, 3.8) is 0 Å². The van der Waals surface area contributed by atoms with Crippen LogP contribution in [0.25, 0.3) is 5.32 Å². The molecule has 0 spiro atoms. The summed E-state index contributed by atoms with van der Waals surface area (Å²) >= 11 is 0. The van der Waals surface area contributed by atoms with Gasteiger partial charge >= 0.3 is 19.5 Å². The van der Waals surface area contributed by atoms with Crippen molar-refractivity contribution < 1.29 is 19.5 Å². The van der Waals surface area contributed by atoms with Crippen LogP contribution in [0.2, 0.25) is 0 Å². The molecule has 0 fully saturated rings. The number of allylic oxidation sites excluding steroid dienone is 2. The summed E-state index contributed by atoms with van der Waals surface area (Å²) in [6, 6.07) is 6.36. The van der Waals surface area contributed by atoms with Gasteiger partial charge in [0.25, 0.3) is 0 Å². The Kier molecular flexibility index (Phi) is 13.5. The molecule has 0 aliphatic carbocycles. The van der Waals surface area contributed by atoms with Crippen molar-refractivity contribution in [3.8, 4) is 0 Å². The Bertz CT molecular complexity index is 368. The van der Waals surface area contributed by atoms with E-state index in [9.17, 15) is 0 Å². The molecule has 0 radical (unpaired) electrons. The van der Waals surface area contributed by atoms with Gasteiger partial charge in [0.05, 0.1) is 0 Å². The van der Waals surface area contributed by atoms with Crippen LogP contribution in [-0.4, -0.2) is 0 Å². The third-order valence-electron chi connectivity index (χ3n) is 2.67. The molecular formula is C17H27NZn.